The molecule has 1 aromatic carbocycles. The van der Waals surface area contributed by atoms with Gasteiger partial charge in [-0.05, 0) is 29.9 Å². The van der Waals surface area contributed by atoms with Crippen molar-refractivity contribution >= 4 is 0 Å². The molecule has 0 aliphatic carbocycles. The minimum atomic E-state index is 0.256. The maximum Gasteiger partial charge on any atom is -0.00975 e. The van der Waals surface area contributed by atoms with Gasteiger partial charge in [-0.15, -0.1) is 0 Å². The van der Waals surface area contributed by atoms with Gasteiger partial charge in [0.25, 0.3) is 0 Å². The summed E-state index contributed by atoms with van der Waals surface area (Å²) in [6.45, 7) is 8.82. The molecular formula is C14H20. The van der Waals surface area contributed by atoms with E-state index in [4.69, 9.17) is 0 Å². The fourth-order valence-corrected chi connectivity index (χ4v) is 1.42. The van der Waals surface area contributed by atoms with Crippen molar-refractivity contribution in [2.24, 2.45) is 0 Å². The average molecular weight is 188 g/mol. The molecule has 0 heteroatoms. The van der Waals surface area contributed by atoms with Crippen LogP contribution in [0.3, 0.4) is 0 Å². The second-order valence-corrected chi connectivity index (χ2v) is 4.72. The highest BCUT2D eigenvalue weighted by molar-refractivity contribution is 5.29. The van der Waals surface area contributed by atoms with Gasteiger partial charge in [-0.2, -0.15) is 0 Å². The van der Waals surface area contributed by atoms with Gasteiger partial charge in [-0.3, -0.25) is 0 Å². The molecule has 1 aromatic rings. The van der Waals surface area contributed by atoms with E-state index in [-0.39, 0.29) is 5.41 Å². The first kappa shape index (κ1) is 11.0. The summed E-state index contributed by atoms with van der Waals surface area (Å²) in [4.78, 5) is 0. The lowest BCUT2D eigenvalue weighted by Gasteiger charge is -2.19. The van der Waals surface area contributed by atoms with E-state index in [2.05, 4.69) is 64.1 Å². The lowest BCUT2D eigenvalue weighted by molar-refractivity contribution is 0.589. The van der Waals surface area contributed by atoms with Crippen LogP contribution in [0.4, 0.5) is 0 Å². The van der Waals surface area contributed by atoms with Crippen molar-refractivity contribution in [3.05, 3.63) is 47.5 Å². The van der Waals surface area contributed by atoms with Crippen molar-refractivity contribution in [2.45, 2.75) is 39.5 Å². The van der Waals surface area contributed by atoms with Crippen LogP contribution in [0.25, 0.3) is 0 Å². The van der Waals surface area contributed by atoms with E-state index in [0.29, 0.717) is 0 Å². The van der Waals surface area contributed by atoms with Gasteiger partial charge < -0.3 is 0 Å². The smallest absolute Gasteiger partial charge is 0.00975 e. The van der Waals surface area contributed by atoms with Gasteiger partial charge in [-0.25, -0.2) is 0 Å². The highest BCUT2D eigenvalue weighted by Gasteiger charge is 2.12. The fourth-order valence-electron chi connectivity index (χ4n) is 1.42. The standard InChI is InChI=1S/C14H20/c1-5-6-8-12-9-7-10-13(11-12)14(2,3)4/h5-7,9-11H,8H2,1-4H3. The lowest BCUT2D eigenvalue weighted by Crippen LogP contribution is -2.11. The maximum absolute atomic E-state index is 2.31. The number of allylic oxidation sites excluding steroid dienone is 2. The number of benzene rings is 1. The predicted octanol–water partition coefficient (Wildman–Crippen LogP) is 4.10. The van der Waals surface area contributed by atoms with Gasteiger partial charge in [0.05, 0.1) is 0 Å². The molecule has 0 bridgehead atoms. The summed E-state index contributed by atoms with van der Waals surface area (Å²) in [5, 5.41) is 0. The van der Waals surface area contributed by atoms with E-state index >= 15 is 0 Å². The molecule has 1 rings (SSSR count). The molecule has 0 aromatic heterocycles. The zero-order valence-electron chi connectivity index (χ0n) is 9.67. The van der Waals surface area contributed by atoms with Crippen LogP contribution in [0.1, 0.15) is 38.8 Å². The quantitative estimate of drug-likeness (QED) is 0.613. The Labute approximate surface area is 87.7 Å². The zero-order chi connectivity index (χ0) is 10.6. The summed E-state index contributed by atoms with van der Waals surface area (Å²) in [5.74, 6) is 0. The van der Waals surface area contributed by atoms with Gasteiger partial charge in [-0.1, -0.05) is 57.2 Å². The third-order valence-corrected chi connectivity index (χ3v) is 2.38. The second kappa shape index (κ2) is 4.45. The van der Waals surface area contributed by atoms with Crippen LogP contribution >= 0.6 is 0 Å². The summed E-state index contributed by atoms with van der Waals surface area (Å²) < 4.78 is 0. The van der Waals surface area contributed by atoms with E-state index in [0.717, 1.165) is 6.42 Å². The SMILES string of the molecule is CC=CCc1cccc(C(C)(C)C)c1. The Morgan fingerprint density at radius 2 is 1.93 bits per heavy atom. The molecule has 0 unspecified atom stereocenters. The molecule has 0 nitrogen and oxygen atoms in total. The molecule has 0 N–H and O–H groups in total. The minimum Gasteiger partial charge on any atom is -0.0913 e. The van der Waals surface area contributed by atoms with Crippen LogP contribution in [0.5, 0.6) is 0 Å². The Kier molecular flexibility index (Phi) is 3.51. The molecule has 14 heavy (non-hydrogen) atoms. The van der Waals surface area contributed by atoms with E-state index in [1.54, 1.807) is 0 Å². The lowest BCUT2D eigenvalue weighted by atomic mass is 9.86. The maximum atomic E-state index is 2.31. The van der Waals surface area contributed by atoms with E-state index < -0.39 is 0 Å². The van der Waals surface area contributed by atoms with Crippen molar-refractivity contribution in [3.63, 3.8) is 0 Å². The highest BCUT2D eigenvalue weighted by atomic mass is 14.2. The van der Waals surface area contributed by atoms with Gasteiger partial charge in [0.15, 0.2) is 0 Å². The molecule has 0 radical (unpaired) electrons. The summed E-state index contributed by atoms with van der Waals surface area (Å²) in [6, 6.07) is 8.85. The van der Waals surface area contributed by atoms with Gasteiger partial charge >= 0.3 is 0 Å². The molecular weight excluding hydrogens is 168 g/mol. The zero-order valence-corrected chi connectivity index (χ0v) is 9.67. The van der Waals surface area contributed by atoms with Crippen molar-refractivity contribution in [2.75, 3.05) is 0 Å². The van der Waals surface area contributed by atoms with Crippen molar-refractivity contribution < 1.29 is 0 Å². The molecule has 0 saturated heterocycles. The van der Waals surface area contributed by atoms with E-state index in [1.807, 2.05) is 0 Å². The van der Waals surface area contributed by atoms with Gasteiger partial charge in [0.1, 0.15) is 0 Å². The van der Waals surface area contributed by atoms with Crippen LogP contribution in [0.15, 0.2) is 36.4 Å². The first-order valence-electron chi connectivity index (χ1n) is 5.24. The summed E-state index contributed by atoms with van der Waals surface area (Å²) in [7, 11) is 0. The van der Waals surface area contributed by atoms with Crippen molar-refractivity contribution in [1.82, 2.24) is 0 Å². The Morgan fingerprint density at radius 1 is 1.21 bits per heavy atom. The van der Waals surface area contributed by atoms with E-state index in [9.17, 15) is 0 Å². The molecule has 0 amide bonds. The molecule has 76 valence electrons. The van der Waals surface area contributed by atoms with E-state index in [1.165, 1.54) is 11.1 Å². The Hall–Kier alpha value is -1.04. The number of rotatable bonds is 2. The summed E-state index contributed by atoms with van der Waals surface area (Å²) in [6.07, 6.45) is 5.34. The number of hydrogen-bond donors (Lipinski definition) is 0. The monoisotopic (exact) mass is 188 g/mol. The van der Waals surface area contributed by atoms with Crippen LogP contribution < -0.4 is 0 Å². The Bertz CT molecular complexity index is 313. The highest BCUT2D eigenvalue weighted by Crippen LogP contribution is 2.22. The molecule has 0 heterocycles. The van der Waals surface area contributed by atoms with Crippen LogP contribution in [0, 0.1) is 0 Å². The van der Waals surface area contributed by atoms with Crippen molar-refractivity contribution in [3.8, 4) is 0 Å². The topological polar surface area (TPSA) is 0 Å². The largest absolute Gasteiger partial charge is 0.0913 e. The van der Waals surface area contributed by atoms with Gasteiger partial charge in [0, 0.05) is 0 Å². The molecule has 0 spiro atoms. The van der Waals surface area contributed by atoms with Crippen molar-refractivity contribution in [1.29, 1.82) is 0 Å². The Balaban J connectivity index is 2.90. The third kappa shape index (κ3) is 3.02. The second-order valence-electron chi connectivity index (χ2n) is 4.72. The van der Waals surface area contributed by atoms with Crippen LogP contribution in [-0.2, 0) is 11.8 Å². The molecule has 0 fully saturated rings. The number of hydrogen-bond acceptors (Lipinski definition) is 0. The van der Waals surface area contributed by atoms with Crippen LogP contribution in [-0.4, -0.2) is 0 Å². The normalized spacial score (nSPS) is 12.3. The summed E-state index contributed by atoms with van der Waals surface area (Å²) in [5.41, 5.74) is 3.07. The van der Waals surface area contributed by atoms with Gasteiger partial charge in [0.2, 0.25) is 0 Å². The molecule has 0 saturated carbocycles. The Morgan fingerprint density at radius 3 is 2.50 bits per heavy atom. The first-order valence-corrected chi connectivity index (χ1v) is 5.24. The first-order chi connectivity index (χ1) is 6.54. The summed E-state index contributed by atoms with van der Waals surface area (Å²) >= 11 is 0. The third-order valence-electron chi connectivity index (χ3n) is 2.38. The van der Waals surface area contributed by atoms with Crippen LogP contribution in [0.2, 0.25) is 0 Å². The molecule has 0 aliphatic rings. The molecule has 0 aliphatic heterocycles. The fraction of sp³-hybridized carbons (Fsp3) is 0.429. The predicted molar refractivity (Wildman–Crippen MR) is 63.7 cm³/mol. The molecule has 0 atom stereocenters. The minimum absolute atomic E-state index is 0.256. The average Bonchev–Trinajstić information content (AvgIpc) is 2.14.